The number of aliphatic hydroxyl groups excluding tert-OH is 1. The van der Waals surface area contributed by atoms with E-state index in [-0.39, 0.29) is 12.5 Å². The number of allylic oxidation sites excluding steroid dienone is 5. The van der Waals surface area contributed by atoms with Crippen LogP contribution >= 0.6 is 7.82 Å². The minimum Gasteiger partial charge on any atom is -0.756 e. The molecule has 3 atom stereocenters. The van der Waals surface area contributed by atoms with Crippen LogP contribution < -0.4 is 10.2 Å². The SMILES string of the molecule is CCCCCCCCCC/C=C\CCCCCCCCCCCCCC(=O)NC(COP(=O)([O-])OCC[N+](C)(C)C)C(O)/C=C/CC/C=C/CCCCCCCCCCCCCCCCCCC. The van der Waals surface area contributed by atoms with Crippen LogP contribution in [0.4, 0.5) is 0 Å². The zero-order chi connectivity index (χ0) is 49.9. The number of carbonyl (C=O) groups excluding carboxylic acids is 1. The Labute approximate surface area is 423 Å². The minimum absolute atomic E-state index is 0.00563. The maximum absolute atomic E-state index is 13.0. The summed E-state index contributed by atoms with van der Waals surface area (Å²) in [6.45, 7) is 4.66. The van der Waals surface area contributed by atoms with Gasteiger partial charge in [-0.1, -0.05) is 256 Å². The van der Waals surface area contributed by atoms with Crippen LogP contribution in [0.5, 0.6) is 0 Å². The highest BCUT2D eigenvalue weighted by molar-refractivity contribution is 7.45. The van der Waals surface area contributed by atoms with Gasteiger partial charge in [0.05, 0.1) is 39.9 Å². The molecule has 68 heavy (non-hydrogen) atoms. The molecule has 0 saturated heterocycles. The van der Waals surface area contributed by atoms with Crippen LogP contribution in [-0.4, -0.2) is 68.5 Å². The molecule has 0 saturated carbocycles. The van der Waals surface area contributed by atoms with Crippen molar-refractivity contribution in [3.63, 3.8) is 0 Å². The van der Waals surface area contributed by atoms with Gasteiger partial charge in [0.15, 0.2) is 0 Å². The lowest BCUT2D eigenvalue weighted by Gasteiger charge is -2.29. The van der Waals surface area contributed by atoms with Gasteiger partial charge in [0.1, 0.15) is 13.2 Å². The maximum atomic E-state index is 13.0. The lowest BCUT2D eigenvalue weighted by Crippen LogP contribution is -2.45. The largest absolute Gasteiger partial charge is 0.756 e. The molecule has 0 aliphatic carbocycles. The molecule has 8 nitrogen and oxygen atoms in total. The molecule has 0 spiro atoms. The standard InChI is InChI=1S/C59H115N2O6P/c1-6-8-10-12-14-16-18-20-22-24-26-28-30-32-34-36-38-40-42-44-46-48-50-52-58(62)57(56-67-68(64,65)66-55-54-61(3,4)5)60-59(63)53-51-49-47-45-43-41-39-37-35-33-31-29-27-25-23-21-19-17-15-13-11-9-7-2/h25,27,42,44,50,52,57-58,62H,6-24,26,28-41,43,45-49,51,53-56H2,1-5H3,(H-,60,63,64,65)/b27-25-,44-42+,52-50+. The monoisotopic (exact) mass is 979 g/mol. The number of phosphoric acid groups is 1. The number of phosphoric ester groups is 1. The molecule has 0 rings (SSSR count). The van der Waals surface area contributed by atoms with E-state index in [1.54, 1.807) is 6.08 Å². The van der Waals surface area contributed by atoms with Crippen molar-refractivity contribution in [1.82, 2.24) is 5.32 Å². The fourth-order valence-electron chi connectivity index (χ4n) is 8.70. The van der Waals surface area contributed by atoms with Crippen molar-refractivity contribution in [3.05, 3.63) is 36.5 Å². The van der Waals surface area contributed by atoms with Crippen molar-refractivity contribution in [2.24, 2.45) is 0 Å². The quantitative estimate of drug-likeness (QED) is 0.0272. The third-order valence-electron chi connectivity index (χ3n) is 13.3. The molecular weight excluding hydrogens is 864 g/mol. The fourth-order valence-corrected chi connectivity index (χ4v) is 9.42. The highest BCUT2D eigenvalue weighted by Crippen LogP contribution is 2.38. The molecule has 3 unspecified atom stereocenters. The van der Waals surface area contributed by atoms with Crippen LogP contribution in [0.2, 0.25) is 0 Å². The zero-order valence-electron chi connectivity index (χ0n) is 45.8. The summed E-state index contributed by atoms with van der Waals surface area (Å²) in [6.07, 6.45) is 65.1. The van der Waals surface area contributed by atoms with Gasteiger partial charge in [0, 0.05) is 6.42 Å². The average Bonchev–Trinajstić information content (AvgIpc) is 3.30. The number of hydrogen-bond donors (Lipinski definition) is 2. The third kappa shape index (κ3) is 52.5. The zero-order valence-corrected chi connectivity index (χ0v) is 46.7. The maximum Gasteiger partial charge on any atom is 0.268 e. The summed E-state index contributed by atoms with van der Waals surface area (Å²) in [5, 5.41) is 13.9. The van der Waals surface area contributed by atoms with Gasteiger partial charge in [0.2, 0.25) is 5.91 Å². The van der Waals surface area contributed by atoms with Crippen LogP contribution in [0.15, 0.2) is 36.5 Å². The van der Waals surface area contributed by atoms with E-state index in [4.69, 9.17) is 9.05 Å². The summed E-state index contributed by atoms with van der Waals surface area (Å²) in [7, 11) is 1.25. The second kappa shape index (κ2) is 50.7. The lowest BCUT2D eigenvalue weighted by atomic mass is 10.0. The molecule has 402 valence electrons. The van der Waals surface area contributed by atoms with Gasteiger partial charge in [-0.3, -0.25) is 9.36 Å². The summed E-state index contributed by atoms with van der Waals surface area (Å²) in [5.41, 5.74) is 0. The molecule has 0 fully saturated rings. The molecule has 0 aromatic heterocycles. The number of rotatable bonds is 54. The van der Waals surface area contributed by atoms with Gasteiger partial charge in [-0.05, 0) is 57.8 Å². The number of amides is 1. The van der Waals surface area contributed by atoms with E-state index in [1.807, 2.05) is 27.2 Å². The average molecular weight is 980 g/mol. The topological polar surface area (TPSA) is 108 Å². The van der Waals surface area contributed by atoms with Crippen LogP contribution in [0, 0.1) is 0 Å². The first-order valence-electron chi connectivity index (χ1n) is 29.4. The predicted molar refractivity (Wildman–Crippen MR) is 293 cm³/mol. The number of nitrogens with one attached hydrogen (secondary N) is 1. The number of likely N-dealkylation sites (N-methyl/N-ethyl adjacent to an activating group) is 1. The second-order valence-electron chi connectivity index (χ2n) is 21.3. The van der Waals surface area contributed by atoms with E-state index < -0.39 is 26.6 Å². The number of aliphatic hydroxyl groups is 1. The fraction of sp³-hybridized carbons (Fsp3) is 0.881. The molecule has 2 N–H and O–H groups in total. The van der Waals surface area contributed by atoms with E-state index in [2.05, 4.69) is 43.5 Å². The molecule has 0 aromatic rings. The van der Waals surface area contributed by atoms with E-state index >= 15 is 0 Å². The normalized spacial score (nSPS) is 14.2. The Morgan fingerprint density at radius 3 is 1.19 bits per heavy atom. The molecule has 1 amide bonds. The van der Waals surface area contributed by atoms with Gasteiger partial charge in [-0.2, -0.15) is 0 Å². The molecular formula is C59H115N2O6P. The molecule has 0 heterocycles. The summed E-state index contributed by atoms with van der Waals surface area (Å²) >= 11 is 0. The Hall–Kier alpha value is -1.28. The third-order valence-corrected chi connectivity index (χ3v) is 14.3. The highest BCUT2D eigenvalue weighted by atomic mass is 31.2. The lowest BCUT2D eigenvalue weighted by molar-refractivity contribution is -0.870. The summed E-state index contributed by atoms with van der Waals surface area (Å²) < 4.78 is 23.3. The van der Waals surface area contributed by atoms with Crippen LogP contribution in [-0.2, 0) is 18.4 Å². The molecule has 0 bridgehead atoms. The first-order valence-corrected chi connectivity index (χ1v) is 30.8. The van der Waals surface area contributed by atoms with E-state index in [0.29, 0.717) is 17.4 Å². The Bertz CT molecular complexity index is 1200. The van der Waals surface area contributed by atoms with Gasteiger partial charge in [-0.25, -0.2) is 0 Å². The Morgan fingerprint density at radius 1 is 0.500 bits per heavy atom. The summed E-state index contributed by atoms with van der Waals surface area (Å²) in [4.78, 5) is 25.5. The Balaban J connectivity index is 4.24. The molecule has 0 aliphatic rings. The van der Waals surface area contributed by atoms with Gasteiger partial charge in [-0.15, -0.1) is 0 Å². The van der Waals surface area contributed by atoms with Crippen molar-refractivity contribution < 1.29 is 32.9 Å². The van der Waals surface area contributed by atoms with Crippen LogP contribution in [0.1, 0.15) is 284 Å². The molecule has 0 aliphatic heterocycles. The number of nitrogens with zero attached hydrogens (tertiary/aromatic N) is 1. The first kappa shape index (κ1) is 66.7. The minimum atomic E-state index is -4.60. The van der Waals surface area contributed by atoms with Gasteiger partial charge >= 0.3 is 0 Å². The predicted octanol–water partition coefficient (Wildman–Crippen LogP) is 17.1. The van der Waals surface area contributed by atoms with E-state index in [1.165, 1.54) is 225 Å². The van der Waals surface area contributed by atoms with Crippen molar-refractivity contribution in [3.8, 4) is 0 Å². The molecule has 0 radical (unpaired) electrons. The van der Waals surface area contributed by atoms with Crippen molar-refractivity contribution in [2.45, 2.75) is 296 Å². The van der Waals surface area contributed by atoms with Crippen molar-refractivity contribution in [1.29, 1.82) is 0 Å². The highest BCUT2D eigenvalue weighted by Gasteiger charge is 2.23. The number of unbranched alkanes of at least 4 members (excludes halogenated alkanes) is 37. The van der Waals surface area contributed by atoms with E-state index in [9.17, 15) is 19.4 Å². The Kier molecular flexibility index (Phi) is 49.7. The van der Waals surface area contributed by atoms with Gasteiger partial charge < -0.3 is 28.8 Å². The summed E-state index contributed by atoms with van der Waals surface area (Å²) in [5.74, 6) is -0.205. The number of quaternary nitrogens is 1. The molecule has 0 aromatic carbocycles. The van der Waals surface area contributed by atoms with Crippen LogP contribution in [0.25, 0.3) is 0 Å². The van der Waals surface area contributed by atoms with Crippen molar-refractivity contribution in [2.75, 3.05) is 40.9 Å². The first-order chi connectivity index (χ1) is 33.0. The number of carbonyl (C=O) groups is 1. The van der Waals surface area contributed by atoms with Crippen LogP contribution in [0.3, 0.4) is 0 Å². The molecule has 9 heteroatoms. The van der Waals surface area contributed by atoms with Gasteiger partial charge in [0.25, 0.3) is 7.82 Å². The number of hydrogen-bond acceptors (Lipinski definition) is 6. The van der Waals surface area contributed by atoms with Crippen molar-refractivity contribution >= 4 is 13.7 Å². The summed E-state index contributed by atoms with van der Waals surface area (Å²) in [6, 6.07) is -0.903. The van der Waals surface area contributed by atoms with E-state index in [0.717, 1.165) is 38.5 Å². The smallest absolute Gasteiger partial charge is 0.268 e. The Morgan fingerprint density at radius 2 is 0.824 bits per heavy atom. The second-order valence-corrected chi connectivity index (χ2v) is 22.8.